The van der Waals surface area contributed by atoms with Gasteiger partial charge in [0.1, 0.15) is 0 Å². The fraction of sp³-hybridized carbons (Fsp3) is 0.727. The minimum Gasteiger partial charge on any atom is -0.350 e. The molecule has 2 aliphatic carbocycles. The molecule has 1 saturated carbocycles. The maximum Gasteiger partial charge on any atom is 0.243 e. The minimum atomic E-state index is 0.591. The maximum atomic E-state index is 4.55. The third kappa shape index (κ3) is 1.80. The second-order valence-electron chi connectivity index (χ2n) is 4.51. The van der Waals surface area contributed by atoms with Gasteiger partial charge in [0.15, 0.2) is 0 Å². The zero-order valence-electron chi connectivity index (χ0n) is 8.87. The molecule has 1 N–H and O–H groups in total. The Morgan fingerprint density at radius 1 is 0.933 bits per heavy atom. The van der Waals surface area contributed by atoms with Crippen LogP contribution in [0.5, 0.6) is 0 Å². The maximum absolute atomic E-state index is 4.55. The zero-order valence-corrected chi connectivity index (χ0v) is 8.87. The molecule has 80 valence electrons. The molecular formula is C11H16N4. The summed E-state index contributed by atoms with van der Waals surface area (Å²) in [6, 6.07) is 0.591. The van der Waals surface area contributed by atoms with Gasteiger partial charge in [0.05, 0.1) is 11.4 Å². The van der Waals surface area contributed by atoms with Gasteiger partial charge in [-0.15, -0.1) is 10.2 Å². The SMILES string of the molecule is C1CCc2nc(NC3CCC3)nnc2C1. The Bertz CT molecular complexity index is 360. The van der Waals surface area contributed by atoms with Crippen molar-refractivity contribution in [3.05, 3.63) is 11.4 Å². The molecule has 1 aromatic heterocycles. The van der Waals surface area contributed by atoms with Gasteiger partial charge in [0, 0.05) is 6.04 Å². The van der Waals surface area contributed by atoms with Crippen molar-refractivity contribution in [1.29, 1.82) is 0 Å². The average Bonchev–Trinajstić information content (AvgIpc) is 2.23. The number of aromatic nitrogens is 3. The second-order valence-corrected chi connectivity index (χ2v) is 4.51. The molecule has 0 unspecified atom stereocenters. The molecule has 3 rings (SSSR count). The van der Waals surface area contributed by atoms with E-state index in [4.69, 9.17) is 0 Å². The van der Waals surface area contributed by atoms with Gasteiger partial charge in [-0.05, 0) is 44.9 Å². The van der Waals surface area contributed by atoms with E-state index in [1.54, 1.807) is 0 Å². The van der Waals surface area contributed by atoms with Crippen molar-refractivity contribution in [3.63, 3.8) is 0 Å². The van der Waals surface area contributed by atoms with Crippen molar-refractivity contribution in [3.8, 4) is 0 Å². The first-order chi connectivity index (χ1) is 7.42. The Kier molecular flexibility index (Phi) is 2.27. The van der Waals surface area contributed by atoms with Crippen LogP contribution in [0.4, 0.5) is 5.95 Å². The number of nitrogens with zero attached hydrogens (tertiary/aromatic N) is 3. The summed E-state index contributed by atoms with van der Waals surface area (Å²) in [7, 11) is 0. The van der Waals surface area contributed by atoms with Crippen LogP contribution in [-0.4, -0.2) is 21.2 Å². The highest BCUT2D eigenvalue weighted by Crippen LogP contribution is 2.22. The quantitative estimate of drug-likeness (QED) is 0.796. The molecule has 0 amide bonds. The molecule has 0 aromatic carbocycles. The summed E-state index contributed by atoms with van der Waals surface area (Å²) in [5.41, 5.74) is 2.28. The standard InChI is InChI=1S/C11H16N4/c1-2-7-10-9(6-1)13-11(15-14-10)12-8-4-3-5-8/h8H,1-7H2,(H,12,13,15). The molecule has 0 atom stereocenters. The van der Waals surface area contributed by atoms with E-state index in [1.807, 2.05) is 0 Å². The molecule has 1 aromatic rings. The molecule has 2 aliphatic rings. The first kappa shape index (κ1) is 9.07. The zero-order chi connectivity index (χ0) is 10.1. The van der Waals surface area contributed by atoms with Gasteiger partial charge in [0.2, 0.25) is 5.95 Å². The molecular weight excluding hydrogens is 188 g/mol. The van der Waals surface area contributed by atoms with Crippen molar-refractivity contribution in [2.75, 3.05) is 5.32 Å². The molecule has 0 aliphatic heterocycles. The Hall–Kier alpha value is -1.19. The Labute approximate surface area is 89.5 Å². The van der Waals surface area contributed by atoms with Crippen LogP contribution in [0.25, 0.3) is 0 Å². The predicted molar refractivity (Wildman–Crippen MR) is 57.7 cm³/mol. The second kappa shape index (κ2) is 3.76. The first-order valence-corrected chi connectivity index (χ1v) is 5.91. The smallest absolute Gasteiger partial charge is 0.243 e. The van der Waals surface area contributed by atoms with Crippen LogP contribution in [-0.2, 0) is 12.8 Å². The van der Waals surface area contributed by atoms with Gasteiger partial charge in [-0.3, -0.25) is 0 Å². The average molecular weight is 204 g/mol. The molecule has 4 nitrogen and oxygen atoms in total. The monoisotopic (exact) mass is 204 g/mol. The number of anilines is 1. The lowest BCUT2D eigenvalue weighted by atomic mass is 9.93. The van der Waals surface area contributed by atoms with Crippen LogP contribution in [0.15, 0.2) is 0 Å². The van der Waals surface area contributed by atoms with Gasteiger partial charge < -0.3 is 5.32 Å². The fourth-order valence-electron chi connectivity index (χ4n) is 2.16. The third-order valence-corrected chi connectivity index (χ3v) is 3.35. The van der Waals surface area contributed by atoms with Gasteiger partial charge in [0.25, 0.3) is 0 Å². The number of hydrogen-bond donors (Lipinski definition) is 1. The van der Waals surface area contributed by atoms with Crippen molar-refractivity contribution in [2.45, 2.75) is 51.0 Å². The van der Waals surface area contributed by atoms with Crippen LogP contribution >= 0.6 is 0 Å². The van der Waals surface area contributed by atoms with Gasteiger partial charge in [-0.1, -0.05) is 0 Å². The van der Waals surface area contributed by atoms with Crippen molar-refractivity contribution in [2.24, 2.45) is 0 Å². The van der Waals surface area contributed by atoms with Crippen molar-refractivity contribution < 1.29 is 0 Å². The molecule has 15 heavy (non-hydrogen) atoms. The largest absolute Gasteiger partial charge is 0.350 e. The summed E-state index contributed by atoms with van der Waals surface area (Å²) in [4.78, 5) is 4.55. The van der Waals surface area contributed by atoms with Gasteiger partial charge in [-0.25, -0.2) is 4.98 Å². The molecule has 0 spiro atoms. The van der Waals surface area contributed by atoms with E-state index < -0.39 is 0 Å². The molecule has 1 fully saturated rings. The van der Waals surface area contributed by atoms with E-state index >= 15 is 0 Å². The highest BCUT2D eigenvalue weighted by atomic mass is 15.2. The summed E-state index contributed by atoms with van der Waals surface area (Å²) in [5.74, 6) is 0.736. The lowest BCUT2D eigenvalue weighted by molar-refractivity contribution is 0.442. The van der Waals surface area contributed by atoms with E-state index in [2.05, 4.69) is 20.5 Å². The lowest BCUT2D eigenvalue weighted by Crippen LogP contribution is -2.28. The highest BCUT2D eigenvalue weighted by molar-refractivity contribution is 5.28. The first-order valence-electron chi connectivity index (χ1n) is 5.91. The van der Waals surface area contributed by atoms with Crippen molar-refractivity contribution >= 4 is 5.95 Å². The van der Waals surface area contributed by atoms with E-state index in [1.165, 1.54) is 32.1 Å². The molecule has 4 heteroatoms. The summed E-state index contributed by atoms with van der Waals surface area (Å²) in [6.07, 6.45) is 8.44. The van der Waals surface area contributed by atoms with Crippen LogP contribution < -0.4 is 5.32 Å². The fourth-order valence-corrected chi connectivity index (χ4v) is 2.16. The minimum absolute atomic E-state index is 0.591. The molecule has 0 radical (unpaired) electrons. The number of hydrogen-bond acceptors (Lipinski definition) is 4. The number of nitrogens with one attached hydrogen (secondary N) is 1. The van der Waals surface area contributed by atoms with Crippen LogP contribution in [0, 0.1) is 0 Å². The lowest BCUT2D eigenvalue weighted by Gasteiger charge is -2.26. The van der Waals surface area contributed by atoms with Gasteiger partial charge in [-0.2, -0.15) is 0 Å². The van der Waals surface area contributed by atoms with Crippen molar-refractivity contribution in [1.82, 2.24) is 15.2 Å². The number of fused-ring (bicyclic) bond motifs is 1. The van der Waals surface area contributed by atoms with Crippen LogP contribution in [0.1, 0.15) is 43.5 Å². The number of rotatable bonds is 2. The summed E-state index contributed by atoms with van der Waals surface area (Å²) in [6.45, 7) is 0. The topological polar surface area (TPSA) is 50.7 Å². The normalized spacial score (nSPS) is 20.5. The molecule has 0 saturated heterocycles. The predicted octanol–water partition coefficient (Wildman–Crippen LogP) is 1.71. The molecule has 1 heterocycles. The van der Waals surface area contributed by atoms with Gasteiger partial charge >= 0.3 is 0 Å². The van der Waals surface area contributed by atoms with E-state index in [-0.39, 0.29) is 0 Å². The number of aryl methyl sites for hydroxylation is 2. The van der Waals surface area contributed by atoms with Crippen LogP contribution in [0.2, 0.25) is 0 Å². The highest BCUT2D eigenvalue weighted by Gasteiger charge is 2.19. The third-order valence-electron chi connectivity index (χ3n) is 3.35. The van der Waals surface area contributed by atoms with E-state index in [0.717, 1.165) is 30.2 Å². The van der Waals surface area contributed by atoms with E-state index in [0.29, 0.717) is 6.04 Å². The Morgan fingerprint density at radius 3 is 2.47 bits per heavy atom. The summed E-state index contributed by atoms with van der Waals surface area (Å²) >= 11 is 0. The summed E-state index contributed by atoms with van der Waals surface area (Å²) in [5, 5.41) is 11.7. The Morgan fingerprint density at radius 2 is 1.73 bits per heavy atom. The Balaban J connectivity index is 1.77. The summed E-state index contributed by atoms with van der Waals surface area (Å²) < 4.78 is 0. The molecule has 0 bridgehead atoms. The van der Waals surface area contributed by atoms with E-state index in [9.17, 15) is 0 Å². The van der Waals surface area contributed by atoms with Crippen LogP contribution in [0.3, 0.4) is 0 Å².